The van der Waals surface area contributed by atoms with Crippen LogP contribution in [-0.2, 0) is 10.0 Å². The van der Waals surface area contributed by atoms with Gasteiger partial charge in [0.15, 0.2) is 0 Å². The van der Waals surface area contributed by atoms with Crippen molar-refractivity contribution >= 4 is 10.0 Å². The minimum Gasteiger partial charge on any atom is -0.207 e. The summed E-state index contributed by atoms with van der Waals surface area (Å²) in [7, 11) is -3.51. The first-order valence-corrected chi connectivity index (χ1v) is 8.03. The predicted molar refractivity (Wildman–Crippen MR) is 81.1 cm³/mol. The Hall–Kier alpha value is -1.65. The number of aryl methyl sites for hydroxylation is 2. The molecule has 0 saturated carbocycles. The van der Waals surface area contributed by atoms with Gasteiger partial charge < -0.3 is 0 Å². The molecule has 0 aromatic heterocycles. The van der Waals surface area contributed by atoms with Crippen LogP contribution in [0.1, 0.15) is 29.7 Å². The Bertz CT molecular complexity index is 694. The fourth-order valence-electron chi connectivity index (χ4n) is 2.10. The Labute approximate surface area is 120 Å². The van der Waals surface area contributed by atoms with Gasteiger partial charge in [-0.1, -0.05) is 42.5 Å². The monoisotopic (exact) mass is 289 g/mol. The van der Waals surface area contributed by atoms with Crippen LogP contribution in [0.5, 0.6) is 0 Å². The second-order valence-electron chi connectivity index (χ2n) is 5.02. The van der Waals surface area contributed by atoms with E-state index in [9.17, 15) is 8.42 Å². The Kier molecular flexibility index (Phi) is 4.26. The molecule has 1 atom stereocenters. The zero-order valence-electron chi connectivity index (χ0n) is 11.9. The topological polar surface area (TPSA) is 46.2 Å². The van der Waals surface area contributed by atoms with Crippen molar-refractivity contribution in [2.45, 2.75) is 31.7 Å². The molecule has 4 heteroatoms. The molecular formula is C16H19NO2S. The maximum atomic E-state index is 12.5. The van der Waals surface area contributed by atoms with Crippen molar-refractivity contribution < 1.29 is 8.42 Å². The highest BCUT2D eigenvalue weighted by Crippen LogP contribution is 2.20. The van der Waals surface area contributed by atoms with Gasteiger partial charge in [0.25, 0.3) is 0 Å². The standard InChI is InChI=1S/C16H19NO2S/c1-12-9-10-13(2)16(11-12)20(18,19)17-14(3)15-7-5-4-6-8-15/h4-11,14,17H,1-3H3/t14-/m0/s1. The third-order valence-corrected chi connectivity index (χ3v) is 4.95. The van der Waals surface area contributed by atoms with Gasteiger partial charge in [-0.05, 0) is 43.5 Å². The van der Waals surface area contributed by atoms with Gasteiger partial charge in [-0.25, -0.2) is 13.1 Å². The molecule has 0 aliphatic carbocycles. The number of hydrogen-bond donors (Lipinski definition) is 1. The fourth-order valence-corrected chi connectivity index (χ4v) is 3.66. The molecule has 0 saturated heterocycles. The molecule has 0 aliphatic rings. The Morgan fingerprint density at radius 1 is 1.00 bits per heavy atom. The molecule has 0 unspecified atom stereocenters. The summed E-state index contributed by atoms with van der Waals surface area (Å²) in [5, 5.41) is 0. The van der Waals surface area contributed by atoms with E-state index < -0.39 is 10.0 Å². The number of benzene rings is 2. The zero-order valence-corrected chi connectivity index (χ0v) is 12.7. The molecule has 0 fully saturated rings. The average Bonchev–Trinajstić information content (AvgIpc) is 2.42. The summed E-state index contributed by atoms with van der Waals surface area (Å²) >= 11 is 0. The van der Waals surface area contributed by atoms with Crippen molar-refractivity contribution in [1.82, 2.24) is 4.72 Å². The second-order valence-corrected chi connectivity index (χ2v) is 6.71. The van der Waals surface area contributed by atoms with E-state index in [0.717, 1.165) is 16.7 Å². The van der Waals surface area contributed by atoms with Gasteiger partial charge in [-0.3, -0.25) is 0 Å². The minimum absolute atomic E-state index is 0.263. The fraction of sp³-hybridized carbons (Fsp3) is 0.250. The maximum Gasteiger partial charge on any atom is 0.241 e. The van der Waals surface area contributed by atoms with Crippen LogP contribution < -0.4 is 4.72 Å². The molecule has 106 valence electrons. The van der Waals surface area contributed by atoms with Gasteiger partial charge in [-0.15, -0.1) is 0 Å². The number of rotatable bonds is 4. The minimum atomic E-state index is -3.51. The SMILES string of the molecule is Cc1ccc(C)c(S(=O)(=O)N[C@@H](C)c2ccccc2)c1. The van der Waals surface area contributed by atoms with Crippen LogP contribution in [0.25, 0.3) is 0 Å². The third kappa shape index (κ3) is 3.26. The van der Waals surface area contributed by atoms with Crippen molar-refractivity contribution in [3.05, 3.63) is 65.2 Å². The number of nitrogens with one attached hydrogen (secondary N) is 1. The molecule has 0 aliphatic heterocycles. The van der Waals surface area contributed by atoms with Crippen LogP contribution in [0.4, 0.5) is 0 Å². The van der Waals surface area contributed by atoms with Gasteiger partial charge in [0, 0.05) is 6.04 Å². The molecule has 0 bridgehead atoms. The van der Waals surface area contributed by atoms with Crippen LogP contribution in [0.2, 0.25) is 0 Å². The highest BCUT2D eigenvalue weighted by atomic mass is 32.2. The lowest BCUT2D eigenvalue weighted by Gasteiger charge is -2.16. The molecule has 0 radical (unpaired) electrons. The Balaban J connectivity index is 2.30. The van der Waals surface area contributed by atoms with E-state index in [0.29, 0.717) is 4.90 Å². The summed E-state index contributed by atoms with van der Waals surface area (Å²) in [5.74, 6) is 0. The average molecular weight is 289 g/mol. The van der Waals surface area contributed by atoms with Gasteiger partial charge in [0.05, 0.1) is 4.90 Å². The van der Waals surface area contributed by atoms with E-state index in [2.05, 4.69) is 4.72 Å². The highest BCUT2D eigenvalue weighted by Gasteiger charge is 2.20. The van der Waals surface area contributed by atoms with Crippen LogP contribution in [0, 0.1) is 13.8 Å². The molecule has 2 aromatic carbocycles. The first-order chi connectivity index (χ1) is 9.40. The largest absolute Gasteiger partial charge is 0.241 e. The van der Waals surface area contributed by atoms with Crippen molar-refractivity contribution in [2.24, 2.45) is 0 Å². The van der Waals surface area contributed by atoms with E-state index in [1.165, 1.54) is 0 Å². The normalized spacial score (nSPS) is 13.2. The van der Waals surface area contributed by atoms with E-state index in [1.807, 2.05) is 56.3 Å². The highest BCUT2D eigenvalue weighted by molar-refractivity contribution is 7.89. The smallest absolute Gasteiger partial charge is 0.207 e. The summed E-state index contributed by atoms with van der Waals surface area (Å²) in [6.45, 7) is 5.54. The molecular weight excluding hydrogens is 270 g/mol. The molecule has 0 heterocycles. The summed E-state index contributed by atoms with van der Waals surface area (Å²) in [6.07, 6.45) is 0. The van der Waals surface area contributed by atoms with Gasteiger partial charge >= 0.3 is 0 Å². The van der Waals surface area contributed by atoms with E-state index in [1.54, 1.807) is 13.0 Å². The van der Waals surface area contributed by atoms with Gasteiger partial charge in [0.1, 0.15) is 0 Å². The van der Waals surface area contributed by atoms with Crippen LogP contribution in [0.3, 0.4) is 0 Å². The van der Waals surface area contributed by atoms with Crippen LogP contribution in [-0.4, -0.2) is 8.42 Å². The molecule has 1 N–H and O–H groups in total. The molecule has 0 amide bonds. The Morgan fingerprint density at radius 2 is 1.65 bits per heavy atom. The zero-order chi connectivity index (χ0) is 14.8. The lowest BCUT2D eigenvalue weighted by molar-refractivity contribution is 0.566. The molecule has 20 heavy (non-hydrogen) atoms. The van der Waals surface area contributed by atoms with Crippen molar-refractivity contribution in [3.8, 4) is 0 Å². The first kappa shape index (κ1) is 14.8. The number of sulfonamides is 1. The van der Waals surface area contributed by atoms with Gasteiger partial charge in [0.2, 0.25) is 10.0 Å². The molecule has 2 aromatic rings. The summed E-state index contributed by atoms with van der Waals surface area (Å²) in [4.78, 5) is 0.347. The van der Waals surface area contributed by atoms with E-state index in [4.69, 9.17) is 0 Å². The summed E-state index contributed by atoms with van der Waals surface area (Å²) in [6, 6.07) is 14.7. The molecule has 3 nitrogen and oxygen atoms in total. The lowest BCUT2D eigenvalue weighted by Crippen LogP contribution is -2.27. The third-order valence-electron chi connectivity index (χ3n) is 3.26. The quantitative estimate of drug-likeness (QED) is 0.938. The van der Waals surface area contributed by atoms with Crippen molar-refractivity contribution in [3.63, 3.8) is 0 Å². The Morgan fingerprint density at radius 3 is 2.30 bits per heavy atom. The van der Waals surface area contributed by atoms with Crippen molar-refractivity contribution in [2.75, 3.05) is 0 Å². The summed E-state index contributed by atoms with van der Waals surface area (Å²) < 4.78 is 27.7. The second kappa shape index (κ2) is 5.77. The van der Waals surface area contributed by atoms with Crippen LogP contribution in [0.15, 0.2) is 53.4 Å². The maximum absolute atomic E-state index is 12.5. The number of hydrogen-bond acceptors (Lipinski definition) is 2. The van der Waals surface area contributed by atoms with Crippen LogP contribution >= 0.6 is 0 Å². The lowest BCUT2D eigenvalue weighted by atomic mass is 10.1. The van der Waals surface area contributed by atoms with Gasteiger partial charge in [-0.2, -0.15) is 0 Å². The molecule has 0 spiro atoms. The summed E-state index contributed by atoms with van der Waals surface area (Å²) in [5.41, 5.74) is 2.63. The van der Waals surface area contributed by atoms with E-state index >= 15 is 0 Å². The van der Waals surface area contributed by atoms with Crippen molar-refractivity contribution in [1.29, 1.82) is 0 Å². The first-order valence-electron chi connectivity index (χ1n) is 6.54. The van der Waals surface area contributed by atoms with E-state index in [-0.39, 0.29) is 6.04 Å². The predicted octanol–water partition coefficient (Wildman–Crippen LogP) is 3.34. The molecule has 2 rings (SSSR count).